The molecule has 4 aliphatic rings. The molecule has 4 aliphatic carbocycles. The summed E-state index contributed by atoms with van der Waals surface area (Å²) in [5, 5.41) is 21.2. The topological polar surface area (TPSA) is 101 Å². The number of rotatable bonds is 3. The maximum absolute atomic E-state index is 17.2. The summed E-state index contributed by atoms with van der Waals surface area (Å²) in [6.07, 6.45) is -1.28. The highest BCUT2D eigenvalue weighted by Gasteiger charge is 2.78. The number of fused-ring (bicyclic) bond motifs is 5. The lowest BCUT2D eigenvalue weighted by molar-refractivity contribution is -0.219. The minimum Gasteiger partial charge on any atom is -0.458 e. The predicted octanol–water partition coefficient (Wildman–Crippen LogP) is 2.85. The molecule has 2 N–H and O–H groups in total. The highest BCUT2D eigenvalue weighted by Crippen LogP contribution is 2.71. The molecule has 6 nitrogen and oxygen atoms in total. The van der Waals surface area contributed by atoms with Crippen molar-refractivity contribution in [3.05, 3.63) is 35.7 Å². The van der Waals surface area contributed by atoms with Crippen LogP contribution in [0, 0.1) is 22.7 Å². The molecule has 0 saturated heterocycles. The van der Waals surface area contributed by atoms with E-state index in [2.05, 4.69) is 0 Å². The van der Waals surface area contributed by atoms with Gasteiger partial charge in [0.15, 0.2) is 23.7 Å². The molecule has 0 radical (unpaired) electrons. The van der Waals surface area contributed by atoms with E-state index in [0.717, 1.165) is 19.1 Å². The van der Waals surface area contributed by atoms with Crippen LogP contribution in [0.3, 0.4) is 0 Å². The lowest BCUT2D eigenvalue weighted by Crippen LogP contribution is -2.73. The monoisotopic (exact) mass is 502 g/mol. The Morgan fingerprint density at radius 1 is 1.35 bits per heavy atom. The maximum Gasteiger partial charge on any atom is 0.303 e. The van der Waals surface area contributed by atoms with Gasteiger partial charge in [0.05, 0.1) is 17.8 Å². The van der Waals surface area contributed by atoms with Crippen LogP contribution in [0.5, 0.6) is 0 Å². The number of carbonyl (C=O) groups excluding carboxylic acids is 3. The van der Waals surface area contributed by atoms with Crippen molar-refractivity contribution >= 4 is 29.1 Å². The molecular formula is C24H26ClF3O6. The van der Waals surface area contributed by atoms with Crippen molar-refractivity contribution in [3.8, 4) is 0 Å². The van der Waals surface area contributed by atoms with Crippen LogP contribution in [0.25, 0.3) is 0 Å². The van der Waals surface area contributed by atoms with Crippen molar-refractivity contribution in [1.82, 2.24) is 0 Å². The predicted molar refractivity (Wildman–Crippen MR) is 115 cm³/mol. The number of esters is 1. The van der Waals surface area contributed by atoms with Gasteiger partial charge in [-0.25, -0.2) is 13.2 Å². The Kier molecular flexibility index (Phi) is 5.74. The zero-order valence-corrected chi connectivity index (χ0v) is 19.6. The average molecular weight is 503 g/mol. The second-order valence-electron chi connectivity index (χ2n) is 10.2. The molecule has 0 amide bonds. The zero-order valence-electron chi connectivity index (χ0n) is 18.9. The fraction of sp³-hybridized carbons (Fsp3) is 0.625. The smallest absolute Gasteiger partial charge is 0.303 e. The summed E-state index contributed by atoms with van der Waals surface area (Å²) in [5.74, 6) is -4.88. The summed E-state index contributed by atoms with van der Waals surface area (Å²) >= 11 is 6.47. The number of Topliss-reactive ketones (excluding diaryl/α,β-unsaturated/α-hetero) is 1. The first-order valence-electron chi connectivity index (χ1n) is 11.0. The molecule has 0 aromatic rings. The van der Waals surface area contributed by atoms with E-state index in [1.165, 1.54) is 19.9 Å². The number of ether oxygens (including phenoxy) is 1. The molecule has 4 rings (SSSR count). The van der Waals surface area contributed by atoms with Gasteiger partial charge >= 0.3 is 5.97 Å². The Labute approximate surface area is 199 Å². The SMILES string of the molecule is CC(=O)OCC(=O)[C@@]1(O)C(=CF)C[C@H]2[C@@H]3C(Cl)C(F)C4=CC(=O)C=C[C@]4(C)[C@@]3(F)C(O)C[C@@]21C. The van der Waals surface area contributed by atoms with Crippen molar-refractivity contribution in [1.29, 1.82) is 0 Å². The van der Waals surface area contributed by atoms with E-state index in [9.17, 15) is 29.0 Å². The molecule has 0 spiro atoms. The lowest BCUT2D eigenvalue weighted by atomic mass is 9.44. The second-order valence-corrected chi connectivity index (χ2v) is 10.7. The van der Waals surface area contributed by atoms with E-state index in [-0.39, 0.29) is 23.9 Å². The van der Waals surface area contributed by atoms with E-state index in [1.54, 1.807) is 0 Å². The van der Waals surface area contributed by atoms with Gasteiger partial charge in [0.25, 0.3) is 0 Å². The average Bonchev–Trinajstić information content (AvgIpc) is 3.00. The van der Waals surface area contributed by atoms with Crippen LogP contribution in [0.4, 0.5) is 13.2 Å². The second kappa shape index (κ2) is 7.77. The third-order valence-corrected chi connectivity index (χ3v) is 9.20. The summed E-state index contributed by atoms with van der Waals surface area (Å²) in [5.41, 5.74) is -9.08. The van der Waals surface area contributed by atoms with Crippen LogP contribution in [0.1, 0.15) is 33.6 Å². The number of ketones is 2. The van der Waals surface area contributed by atoms with Gasteiger partial charge in [-0.1, -0.05) is 13.0 Å². The van der Waals surface area contributed by atoms with E-state index >= 15 is 8.78 Å². The number of aliphatic hydroxyl groups excluding tert-OH is 1. The molecule has 0 aromatic heterocycles. The molecule has 34 heavy (non-hydrogen) atoms. The van der Waals surface area contributed by atoms with Crippen LogP contribution in [0.2, 0.25) is 0 Å². The van der Waals surface area contributed by atoms with Crippen molar-refractivity contribution < 1.29 is 42.5 Å². The molecule has 9 atom stereocenters. The quantitative estimate of drug-likeness (QED) is 0.454. The highest BCUT2D eigenvalue weighted by molar-refractivity contribution is 6.22. The van der Waals surface area contributed by atoms with Crippen LogP contribution in [-0.4, -0.2) is 63.3 Å². The number of hydrogen-bond donors (Lipinski definition) is 2. The lowest BCUT2D eigenvalue weighted by Gasteiger charge is -2.64. The standard InChI is InChI=1S/C24H26ClF3O6/c1-11(29)34-10-17(32)24(33)12(9-26)6-14-18-19(25)20(27)15-7-13(30)4-5-21(15,2)23(18,28)16(31)8-22(14,24)3/h4-5,7,9,14,16,18-20,31,33H,6,8,10H2,1-3H3/t14-,16?,18+,19?,20?,21-,22-,23+,24-/m0/s1. The summed E-state index contributed by atoms with van der Waals surface area (Å²) in [6, 6.07) is 0. The van der Waals surface area contributed by atoms with Crippen molar-refractivity contribution in [2.75, 3.05) is 6.61 Å². The molecular weight excluding hydrogens is 477 g/mol. The molecule has 0 aromatic carbocycles. The third-order valence-electron chi connectivity index (χ3n) is 8.71. The Morgan fingerprint density at radius 3 is 2.59 bits per heavy atom. The molecule has 3 unspecified atom stereocenters. The third kappa shape index (κ3) is 2.86. The Morgan fingerprint density at radius 2 is 2.00 bits per heavy atom. The first-order valence-corrected chi connectivity index (χ1v) is 11.4. The minimum absolute atomic E-state index is 0.0484. The molecule has 0 bridgehead atoms. The van der Waals surface area contributed by atoms with Gasteiger partial charge in [0.1, 0.15) is 6.17 Å². The fourth-order valence-electron chi connectivity index (χ4n) is 6.94. The number of aliphatic hydroxyl groups is 2. The summed E-state index contributed by atoms with van der Waals surface area (Å²) < 4.78 is 51.5. The van der Waals surface area contributed by atoms with Gasteiger partial charge in [0, 0.05) is 23.7 Å². The van der Waals surface area contributed by atoms with Crippen LogP contribution in [0.15, 0.2) is 35.7 Å². The number of halogens is 4. The Bertz CT molecular complexity index is 1060. The Balaban J connectivity index is 1.87. The zero-order chi connectivity index (χ0) is 25.4. The van der Waals surface area contributed by atoms with E-state index in [4.69, 9.17) is 16.3 Å². The molecule has 186 valence electrons. The number of allylic oxidation sites excluding steroid dienone is 4. The van der Waals surface area contributed by atoms with Gasteiger partial charge < -0.3 is 14.9 Å². The first-order chi connectivity index (χ1) is 15.7. The molecule has 0 aliphatic heterocycles. The summed E-state index contributed by atoms with van der Waals surface area (Å²) in [7, 11) is 0. The molecule has 10 heteroatoms. The number of hydrogen-bond acceptors (Lipinski definition) is 6. The minimum atomic E-state index is -2.58. The summed E-state index contributed by atoms with van der Waals surface area (Å²) in [4.78, 5) is 36.2. The van der Waals surface area contributed by atoms with Crippen LogP contribution < -0.4 is 0 Å². The van der Waals surface area contributed by atoms with Gasteiger partial charge in [-0.3, -0.25) is 14.4 Å². The van der Waals surface area contributed by atoms with Gasteiger partial charge in [-0.05, 0) is 49.0 Å². The Hall–Kier alpha value is -1.97. The van der Waals surface area contributed by atoms with Crippen molar-refractivity contribution in [3.63, 3.8) is 0 Å². The van der Waals surface area contributed by atoms with E-state index in [0.29, 0.717) is 0 Å². The van der Waals surface area contributed by atoms with Gasteiger partial charge in [-0.15, -0.1) is 11.6 Å². The first kappa shape index (κ1) is 25.1. The largest absolute Gasteiger partial charge is 0.458 e. The highest BCUT2D eigenvalue weighted by atomic mass is 35.5. The van der Waals surface area contributed by atoms with E-state index < -0.39 is 82.2 Å². The number of alkyl halides is 3. The summed E-state index contributed by atoms with van der Waals surface area (Å²) in [6.45, 7) is 2.96. The van der Waals surface area contributed by atoms with Crippen molar-refractivity contribution in [2.45, 2.75) is 62.5 Å². The van der Waals surface area contributed by atoms with Gasteiger partial charge in [-0.2, -0.15) is 0 Å². The van der Waals surface area contributed by atoms with Crippen LogP contribution >= 0.6 is 11.6 Å². The van der Waals surface area contributed by atoms with E-state index in [1.807, 2.05) is 0 Å². The molecule has 3 saturated carbocycles. The van der Waals surface area contributed by atoms with Crippen LogP contribution in [-0.2, 0) is 19.1 Å². The number of carbonyl (C=O) groups is 3. The normalized spacial score (nSPS) is 48.6. The molecule has 3 fully saturated rings. The van der Waals surface area contributed by atoms with Crippen molar-refractivity contribution in [2.24, 2.45) is 22.7 Å². The fourth-order valence-corrected chi connectivity index (χ4v) is 7.43. The molecule has 0 heterocycles. The van der Waals surface area contributed by atoms with Gasteiger partial charge in [0.2, 0.25) is 5.78 Å². The maximum atomic E-state index is 17.2.